The van der Waals surface area contributed by atoms with Crippen molar-refractivity contribution in [1.29, 1.82) is 0 Å². The van der Waals surface area contributed by atoms with Gasteiger partial charge in [-0.2, -0.15) is 0 Å². The lowest BCUT2D eigenvalue weighted by molar-refractivity contribution is 0.0594. The van der Waals surface area contributed by atoms with Crippen LogP contribution in [0.5, 0.6) is 5.88 Å². The molecule has 38 heavy (non-hydrogen) atoms. The summed E-state index contributed by atoms with van der Waals surface area (Å²) >= 11 is 1.23. The van der Waals surface area contributed by atoms with Crippen molar-refractivity contribution in [2.24, 2.45) is 16.6 Å². The predicted octanol–water partition coefficient (Wildman–Crippen LogP) is 3.37. The van der Waals surface area contributed by atoms with Crippen LogP contribution >= 0.6 is 11.8 Å². The molecule has 2 aromatic heterocycles. The van der Waals surface area contributed by atoms with Crippen LogP contribution in [0, 0.1) is 24.1 Å². The number of benzene rings is 1. The maximum atomic E-state index is 15.9. The van der Waals surface area contributed by atoms with E-state index in [1.165, 1.54) is 37.3 Å². The molecule has 0 saturated heterocycles. The van der Waals surface area contributed by atoms with Gasteiger partial charge >= 0.3 is 5.97 Å². The molecule has 0 radical (unpaired) electrons. The average Bonchev–Trinajstić information content (AvgIpc) is 2.90. The first kappa shape index (κ1) is 27.1. The van der Waals surface area contributed by atoms with Crippen molar-refractivity contribution in [2.75, 3.05) is 25.6 Å². The van der Waals surface area contributed by atoms with Crippen LogP contribution in [0.1, 0.15) is 36.7 Å². The fourth-order valence-corrected chi connectivity index (χ4v) is 5.58. The van der Waals surface area contributed by atoms with Crippen molar-refractivity contribution in [3.63, 3.8) is 0 Å². The molecule has 0 fully saturated rings. The maximum Gasteiger partial charge on any atom is 0.340 e. The SMILES string of the molecule is C#CCOc1cnc2c(Nc3cc(C(=O)OC)c(F)c([C@@]4(C)N=C(N)S[C@](C)(CO)C4C)c3)nccc2n1. The topological polar surface area (TPSA) is 145 Å². The van der Waals surface area contributed by atoms with Gasteiger partial charge in [0.2, 0.25) is 5.88 Å². The van der Waals surface area contributed by atoms with Crippen molar-refractivity contribution in [1.82, 2.24) is 15.0 Å². The average molecular weight is 539 g/mol. The summed E-state index contributed by atoms with van der Waals surface area (Å²) in [6, 6.07) is 4.52. The summed E-state index contributed by atoms with van der Waals surface area (Å²) in [4.78, 5) is 30.3. The van der Waals surface area contributed by atoms with Gasteiger partial charge in [-0.15, -0.1) is 6.42 Å². The number of carbonyl (C=O) groups is 1. The molecule has 0 bridgehead atoms. The van der Waals surface area contributed by atoms with Crippen LogP contribution < -0.4 is 15.8 Å². The number of carbonyl (C=O) groups excluding carboxylic acids is 1. The highest BCUT2D eigenvalue weighted by Crippen LogP contribution is 2.50. The summed E-state index contributed by atoms with van der Waals surface area (Å²) in [5.41, 5.74) is 5.95. The Hall–Kier alpha value is -3.95. The molecule has 0 spiro atoms. The first-order chi connectivity index (χ1) is 18.1. The first-order valence-electron chi connectivity index (χ1n) is 11.6. The molecular formula is C26H27FN6O4S. The minimum absolute atomic E-state index is 0.0447. The number of anilines is 2. The van der Waals surface area contributed by atoms with Gasteiger partial charge in [0.05, 0.1) is 36.5 Å². The van der Waals surface area contributed by atoms with Gasteiger partial charge in [-0.3, -0.25) is 4.99 Å². The van der Waals surface area contributed by atoms with Crippen molar-refractivity contribution in [2.45, 2.75) is 31.1 Å². The quantitative estimate of drug-likeness (QED) is 0.302. The zero-order valence-corrected chi connectivity index (χ0v) is 22.1. The number of aliphatic hydroxyl groups excluding tert-OH is 1. The number of nitrogens with zero attached hydrogens (tertiary/aromatic N) is 4. The van der Waals surface area contributed by atoms with Crippen molar-refractivity contribution in [3.8, 4) is 18.2 Å². The molecule has 0 aliphatic carbocycles. The lowest BCUT2D eigenvalue weighted by Gasteiger charge is -2.46. The number of terminal acetylenes is 1. The van der Waals surface area contributed by atoms with E-state index in [0.29, 0.717) is 22.5 Å². The fraction of sp³-hybridized carbons (Fsp3) is 0.346. The molecule has 12 heteroatoms. The zero-order valence-electron chi connectivity index (χ0n) is 21.3. The number of hydrogen-bond acceptors (Lipinski definition) is 11. The van der Waals surface area contributed by atoms with E-state index in [1.807, 2.05) is 13.8 Å². The van der Waals surface area contributed by atoms with Crippen molar-refractivity contribution >= 4 is 45.4 Å². The van der Waals surface area contributed by atoms with Gasteiger partial charge in [0.15, 0.2) is 17.6 Å². The number of amidine groups is 1. The molecule has 3 aromatic rings. The third-order valence-electron chi connectivity index (χ3n) is 6.78. The summed E-state index contributed by atoms with van der Waals surface area (Å²) < 4.78 is 25.4. The van der Waals surface area contributed by atoms with Gasteiger partial charge in [0.1, 0.15) is 11.3 Å². The number of aromatic nitrogens is 3. The highest BCUT2D eigenvalue weighted by atomic mass is 32.2. The van der Waals surface area contributed by atoms with Crippen molar-refractivity contribution < 1.29 is 23.8 Å². The van der Waals surface area contributed by atoms with Gasteiger partial charge in [0, 0.05) is 28.1 Å². The Bertz CT molecular complexity index is 1480. The number of fused-ring (bicyclic) bond motifs is 1. The Morgan fingerprint density at radius 1 is 1.37 bits per heavy atom. The van der Waals surface area contributed by atoms with E-state index in [0.717, 1.165) is 0 Å². The van der Waals surface area contributed by atoms with Gasteiger partial charge in [-0.1, -0.05) is 24.6 Å². The fourth-order valence-electron chi connectivity index (χ4n) is 4.40. The minimum Gasteiger partial charge on any atom is -0.465 e. The van der Waals surface area contributed by atoms with E-state index >= 15 is 4.39 Å². The zero-order chi connectivity index (χ0) is 27.7. The maximum absolute atomic E-state index is 15.9. The van der Waals surface area contributed by atoms with Gasteiger partial charge in [-0.05, 0) is 32.0 Å². The van der Waals surface area contributed by atoms with E-state index in [9.17, 15) is 9.90 Å². The largest absolute Gasteiger partial charge is 0.465 e. The van der Waals surface area contributed by atoms with Gasteiger partial charge in [0.25, 0.3) is 0 Å². The van der Waals surface area contributed by atoms with Crippen LogP contribution in [0.15, 0.2) is 35.6 Å². The van der Waals surface area contributed by atoms with Gasteiger partial charge in [-0.25, -0.2) is 24.1 Å². The number of pyridine rings is 1. The number of methoxy groups -OCH3 is 1. The predicted molar refractivity (Wildman–Crippen MR) is 144 cm³/mol. The molecule has 0 amide bonds. The Kier molecular flexibility index (Phi) is 7.44. The smallest absolute Gasteiger partial charge is 0.340 e. The summed E-state index contributed by atoms with van der Waals surface area (Å²) in [6.07, 6.45) is 8.17. The molecule has 1 aliphatic rings. The highest BCUT2D eigenvalue weighted by molar-refractivity contribution is 8.15. The molecule has 4 rings (SSSR count). The Labute approximate surface area is 223 Å². The molecular weight excluding hydrogens is 511 g/mol. The lowest BCUT2D eigenvalue weighted by Crippen LogP contribution is -2.50. The molecule has 0 saturated carbocycles. The van der Waals surface area contributed by atoms with E-state index in [4.69, 9.17) is 21.6 Å². The second kappa shape index (κ2) is 10.4. The molecule has 198 valence electrons. The molecule has 1 unspecified atom stereocenters. The van der Waals surface area contributed by atoms with Crippen LogP contribution in [0.3, 0.4) is 0 Å². The summed E-state index contributed by atoms with van der Waals surface area (Å²) in [5, 5.41) is 13.5. The van der Waals surface area contributed by atoms with Gasteiger partial charge < -0.3 is 25.6 Å². The summed E-state index contributed by atoms with van der Waals surface area (Å²) in [7, 11) is 1.17. The molecule has 3 atom stereocenters. The molecule has 1 aliphatic heterocycles. The summed E-state index contributed by atoms with van der Waals surface area (Å²) in [5.74, 6) is 0.899. The van der Waals surface area contributed by atoms with Crippen LogP contribution in [0.25, 0.3) is 11.0 Å². The number of rotatable bonds is 7. The second-order valence-corrected chi connectivity index (χ2v) is 10.7. The van der Waals surface area contributed by atoms with Crippen LogP contribution in [0.2, 0.25) is 0 Å². The lowest BCUT2D eigenvalue weighted by atomic mass is 9.73. The molecule has 4 N–H and O–H groups in total. The van der Waals surface area contributed by atoms with Crippen LogP contribution in [0.4, 0.5) is 15.9 Å². The first-order valence-corrected chi connectivity index (χ1v) is 12.4. The monoisotopic (exact) mass is 538 g/mol. The van der Waals surface area contributed by atoms with E-state index < -0.39 is 22.1 Å². The van der Waals surface area contributed by atoms with Crippen LogP contribution in [-0.2, 0) is 10.3 Å². The highest BCUT2D eigenvalue weighted by Gasteiger charge is 2.50. The standard InChI is InChI=1S/C26H27FN6O4S/c1-6-9-37-19-12-30-21-18(32-19)7-8-29-22(21)31-15-10-16(23(35)36-5)20(27)17(11-15)26(4)14(2)25(3,13-34)38-24(28)33-26/h1,7-8,10-12,14,34H,9,13H2,2-5H3,(H2,28,33)(H,29,31)/t14?,25-,26+/m1/s1. The Morgan fingerprint density at radius 2 is 2.13 bits per heavy atom. The molecule has 3 heterocycles. The Balaban J connectivity index is 1.85. The number of nitrogens with two attached hydrogens (primary N) is 1. The number of aliphatic hydroxyl groups is 1. The number of ether oxygens (including phenoxy) is 2. The number of thioether (sulfide) groups is 1. The molecule has 1 aromatic carbocycles. The Morgan fingerprint density at radius 3 is 2.82 bits per heavy atom. The third kappa shape index (κ3) is 4.82. The van der Waals surface area contributed by atoms with E-state index in [2.05, 4.69) is 31.2 Å². The summed E-state index contributed by atoms with van der Waals surface area (Å²) in [6.45, 7) is 5.26. The number of esters is 1. The number of halogens is 1. The number of aliphatic imine (C=N–C) groups is 1. The number of hydrogen-bond donors (Lipinski definition) is 3. The van der Waals surface area contributed by atoms with E-state index in [-0.39, 0.29) is 41.3 Å². The second-order valence-electron chi connectivity index (χ2n) is 9.12. The van der Waals surface area contributed by atoms with Crippen LogP contribution in [-0.4, -0.2) is 56.3 Å². The molecule has 10 nitrogen and oxygen atoms in total. The van der Waals surface area contributed by atoms with Crippen molar-refractivity contribution in [3.05, 3.63) is 47.5 Å². The number of nitrogens with one attached hydrogen (secondary N) is 1. The minimum atomic E-state index is -1.22. The third-order valence-corrected chi connectivity index (χ3v) is 8.03. The van der Waals surface area contributed by atoms with E-state index in [1.54, 1.807) is 19.1 Å². The normalized spacial score (nSPS) is 22.9.